The fourth-order valence-corrected chi connectivity index (χ4v) is 14.9. The van der Waals surface area contributed by atoms with Crippen molar-refractivity contribution in [1.82, 2.24) is 0 Å². The molecule has 0 amide bonds. The van der Waals surface area contributed by atoms with Gasteiger partial charge in [-0.25, -0.2) is 0 Å². The third kappa shape index (κ3) is 5.62. The first kappa shape index (κ1) is 21.7. The van der Waals surface area contributed by atoms with Crippen LogP contribution in [0.5, 0.6) is 0 Å². The van der Waals surface area contributed by atoms with Crippen LogP contribution < -0.4 is 17.6 Å². The number of benzene rings is 4. The first-order chi connectivity index (χ1) is 15.9. The zero-order chi connectivity index (χ0) is 21.6. The molecular weight excluding hydrogens is 514 g/mol. The van der Waals surface area contributed by atoms with Crippen LogP contribution in [0.15, 0.2) is 121 Å². The number of ether oxygens (including phenoxy) is 2. The summed E-state index contributed by atoms with van der Waals surface area (Å²) in [6.45, 7) is 1.91. The van der Waals surface area contributed by atoms with E-state index in [9.17, 15) is 0 Å². The van der Waals surface area contributed by atoms with Gasteiger partial charge in [0.1, 0.15) is 0 Å². The summed E-state index contributed by atoms with van der Waals surface area (Å²) in [5.74, 6) is 0. The van der Waals surface area contributed by atoms with Gasteiger partial charge in [-0.1, -0.05) is 0 Å². The Morgan fingerprint density at radius 3 is 0.812 bits per heavy atom. The number of hydrogen-bond donors (Lipinski definition) is 0. The molecule has 6 rings (SSSR count). The maximum absolute atomic E-state index is 5.55. The minimum absolute atomic E-state index is 0.532. The Morgan fingerprint density at radius 2 is 0.625 bits per heavy atom. The first-order valence-electron chi connectivity index (χ1n) is 11.1. The van der Waals surface area contributed by atoms with E-state index in [1.54, 1.807) is 0 Å². The van der Waals surface area contributed by atoms with Crippen LogP contribution in [-0.4, -0.2) is 51.8 Å². The summed E-state index contributed by atoms with van der Waals surface area (Å²) in [5, 5.41) is 0. The molecule has 0 aliphatic carbocycles. The van der Waals surface area contributed by atoms with Crippen LogP contribution in [0, 0.1) is 0 Å². The standard InChI is InChI=1S/2C14H13GeO/c2*1-3-7-12(8-4-1)15(14-11-16-14)13-9-5-2-6-10-13/h2*1-10,14H,11H2. The summed E-state index contributed by atoms with van der Waals surface area (Å²) in [5.41, 5.74) is 0. The SMILES string of the molecule is c1cc[c]([Ge]([c]2ccccc2)[CH]2CO2)cc1.c1cc[c]([Ge]([c]2ccccc2)[CH]2CO2)cc1. The second-order valence-corrected chi connectivity index (χ2v) is 19.0. The van der Waals surface area contributed by atoms with E-state index in [2.05, 4.69) is 121 Å². The zero-order valence-corrected chi connectivity index (χ0v) is 22.1. The molecule has 0 spiro atoms. The summed E-state index contributed by atoms with van der Waals surface area (Å²) in [6, 6.07) is 43.4. The first-order valence-corrected chi connectivity index (χ1v) is 17.7. The zero-order valence-electron chi connectivity index (χ0n) is 17.9. The average molecular weight is 540 g/mol. The van der Waals surface area contributed by atoms with E-state index >= 15 is 0 Å². The van der Waals surface area contributed by atoms with Gasteiger partial charge in [-0.2, -0.15) is 0 Å². The molecule has 2 atom stereocenters. The van der Waals surface area contributed by atoms with Crippen molar-refractivity contribution in [3.05, 3.63) is 121 Å². The predicted octanol–water partition coefficient (Wildman–Crippen LogP) is 2.47. The number of rotatable bonds is 6. The summed E-state index contributed by atoms with van der Waals surface area (Å²) in [7, 11) is 0. The molecule has 2 saturated heterocycles. The van der Waals surface area contributed by atoms with Gasteiger partial charge < -0.3 is 0 Å². The third-order valence-corrected chi connectivity index (χ3v) is 17.8. The van der Waals surface area contributed by atoms with E-state index in [1.807, 2.05) is 0 Å². The van der Waals surface area contributed by atoms with Crippen molar-refractivity contribution >= 4 is 46.3 Å². The van der Waals surface area contributed by atoms with Gasteiger partial charge in [0.25, 0.3) is 0 Å². The van der Waals surface area contributed by atoms with Gasteiger partial charge in [0, 0.05) is 0 Å². The van der Waals surface area contributed by atoms with Crippen molar-refractivity contribution in [2.75, 3.05) is 13.2 Å². The molecule has 2 unspecified atom stereocenters. The van der Waals surface area contributed by atoms with Crippen molar-refractivity contribution < 1.29 is 9.47 Å². The van der Waals surface area contributed by atoms with Gasteiger partial charge >= 0.3 is 200 Å². The van der Waals surface area contributed by atoms with E-state index in [4.69, 9.17) is 9.47 Å². The van der Waals surface area contributed by atoms with Gasteiger partial charge in [0.15, 0.2) is 0 Å². The van der Waals surface area contributed by atoms with E-state index in [0.29, 0.717) is 9.87 Å². The van der Waals surface area contributed by atoms with Crippen LogP contribution in [0.25, 0.3) is 0 Å². The third-order valence-electron chi connectivity index (χ3n) is 5.65. The monoisotopic (exact) mass is 542 g/mol. The second kappa shape index (κ2) is 10.7. The fourth-order valence-electron chi connectivity index (χ4n) is 3.98. The molecule has 4 aromatic rings. The molecule has 0 saturated carbocycles. The number of hydrogen-bond acceptors (Lipinski definition) is 2. The van der Waals surface area contributed by atoms with Crippen molar-refractivity contribution in [2.45, 2.75) is 9.87 Å². The Balaban J connectivity index is 0.000000135. The molecule has 2 nitrogen and oxygen atoms in total. The molecule has 2 aliphatic rings. The second-order valence-electron chi connectivity index (χ2n) is 7.94. The topological polar surface area (TPSA) is 25.1 Å². The Bertz CT molecular complexity index is 913. The van der Waals surface area contributed by atoms with Crippen molar-refractivity contribution in [3.8, 4) is 0 Å². The molecule has 158 valence electrons. The fraction of sp³-hybridized carbons (Fsp3) is 0.143. The summed E-state index contributed by atoms with van der Waals surface area (Å²) in [4.78, 5) is 1.06. The summed E-state index contributed by atoms with van der Waals surface area (Å²) in [6.07, 6.45) is 0. The molecule has 2 aliphatic heterocycles. The van der Waals surface area contributed by atoms with Gasteiger partial charge in [0.2, 0.25) is 0 Å². The van der Waals surface area contributed by atoms with Crippen LogP contribution in [-0.2, 0) is 9.47 Å². The van der Waals surface area contributed by atoms with Gasteiger partial charge in [-0.05, 0) is 0 Å². The van der Waals surface area contributed by atoms with Crippen LogP contribution in [0.1, 0.15) is 0 Å². The van der Waals surface area contributed by atoms with Crippen molar-refractivity contribution in [1.29, 1.82) is 0 Å². The Morgan fingerprint density at radius 1 is 0.406 bits per heavy atom. The van der Waals surface area contributed by atoms with E-state index in [-0.39, 0.29) is 0 Å². The van der Waals surface area contributed by atoms with E-state index in [0.717, 1.165) is 13.2 Å². The van der Waals surface area contributed by atoms with Crippen LogP contribution in [0.4, 0.5) is 0 Å². The van der Waals surface area contributed by atoms with Gasteiger partial charge in [0.05, 0.1) is 0 Å². The van der Waals surface area contributed by atoms with Crippen LogP contribution in [0.2, 0.25) is 0 Å². The minimum atomic E-state index is -1.44. The maximum atomic E-state index is 5.55. The number of epoxide rings is 2. The van der Waals surface area contributed by atoms with Gasteiger partial charge in [-0.3, -0.25) is 0 Å². The Labute approximate surface area is 199 Å². The van der Waals surface area contributed by atoms with E-state index < -0.39 is 28.7 Å². The molecule has 2 fully saturated rings. The average Bonchev–Trinajstić information content (AvgIpc) is 3.79. The summed E-state index contributed by atoms with van der Waals surface area (Å²) >= 11 is -2.88. The molecule has 2 radical (unpaired) electrons. The molecule has 32 heavy (non-hydrogen) atoms. The van der Waals surface area contributed by atoms with Crippen molar-refractivity contribution in [3.63, 3.8) is 0 Å². The van der Waals surface area contributed by atoms with Crippen molar-refractivity contribution in [2.24, 2.45) is 0 Å². The molecule has 2 heterocycles. The molecule has 0 bridgehead atoms. The molecular formula is C28H26Ge2O2. The van der Waals surface area contributed by atoms with Crippen LogP contribution in [0.3, 0.4) is 0 Å². The summed E-state index contributed by atoms with van der Waals surface area (Å²) < 4.78 is 17.1. The molecule has 0 N–H and O–H groups in total. The Kier molecular flexibility index (Phi) is 7.24. The van der Waals surface area contributed by atoms with Crippen LogP contribution >= 0.6 is 0 Å². The molecule has 0 aromatic heterocycles. The normalized spacial score (nSPS) is 18.7. The Hall–Kier alpha value is -2.11. The predicted molar refractivity (Wildman–Crippen MR) is 135 cm³/mol. The van der Waals surface area contributed by atoms with Gasteiger partial charge in [-0.15, -0.1) is 0 Å². The van der Waals surface area contributed by atoms with E-state index in [1.165, 1.54) is 17.6 Å². The molecule has 4 aromatic carbocycles. The quantitative estimate of drug-likeness (QED) is 0.278. The molecule has 4 heteroatoms.